The van der Waals surface area contributed by atoms with Gasteiger partial charge in [0.05, 0.1) is 19.8 Å². The van der Waals surface area contributed by atoms with Crippen molar-refractivity contribution in [3.8, 4) is 0 Å². The molecular weight excluding hydrogens is 935 g/mol. The maximum absolute atomic E-state index is 6.90. The highest BCUT2D eigenvalue weighted by molar-refractivity contribution is 6.81. The number of rotatable bonds is 7. The zero-order valence-electron chi connectivity index (χ0n) is 40.3. The van der Waals surface area contributed by atoms with Crippen molar-refractivity contribution in [3.63, 3.8) is 0 Å². The Balaban J connectivity index is 1.02. The van der Waals surface area contributed by atoms with Crippen molar-refractivity contribution < 1.29 is 9.47 Å². The molecule has 28 aromatic carbocycles. The van der Waals surface area contributed by atoms with Crippen LogP contribution in [-0.2, 0) is 27.0 Å². The summed E-state index contributed by atoms with van der Waals surface area (Å²) in [5.41, 5.74) is 11.0. The Hall–Kier alpha value is -8.44. The van der Waals surface area contributed by atoms with Crippen LogP contribution in [0.5, 0.6) is 0 Å². The highest BCUT2D eigenvalue weighted by Gasteiger charge is 2.68. The molecule has 334 valence electrons. The molecule has 0 spiro atoms. The minimum Gasteiger partial charge on any atom is -0.379 e. The largest absolute Gasteiger partial charge is 0.379 e. The van der Waals surface area contributed by atoms with Gasteiger partial charge in [-0.05, 0) is 332 Å². The molecular formula is C74H21NO2. The number of morpholine rings is 1. The molecule has 0 N–H and O–H groups in total. The van der Waals surface area contributed by atoms with E-state index in [2.05, 4.69) is 35.2 Å². The van der Waals surface area contributed by atoms with E-state index in [1.807, 2.05) is 0 Å². The molecule has 0 radical (unpaired) electrons. The Morgan fingerprint density at radius 1 is 0.312 bits per heavy atom. The quantitative estimate of drug-likeness (QED) is 0.117. The van der Waals surface area contributed by atoms with Gasteiger partial charge in [-0.2, -0.15) is 0 Å². The molecule has 0 amide bonds. The molecule has 1 heterocycles. The molecule has 28 aromatic rings. The lowest BCUT2D eigenvalue weighted by Gasteiger charge is -2.54. The highest BCUT2D eigenvalue weighted by atomic mass is 16.5. The Labute approximate surface area is 424 Å². The van der Waals surface area contributed by atoms with Crippen molar-refractivity contribution in [2.75, 3.05) is 32.9 Å². The Morgan fingerprint density at radius 3 is 0.974 bits per heavy atom. The van der Waals surface area contributed by atoms with Gasteiger partial charge >= 0.3 is 0 Å². The van der Waals surface area contributed by atoms with Gasteiger partial charge in [-0.1, -0.05) is 30.3 Å². The molecule has 77 heavy (non-hydrogen) atoms. The van der Waals surface area contributed by atoms with Crippen LogP contribution in [0.15, 0.2) is 30.3 Å². The third kappa shape index (κ3) is 1.87. The van der Waals surface area contributed by atoms with Crippen molar-refractivity contribution in [3.05, 3.63) is 69.3 Å². The lowest BCUT2D eigenvalue weighted by atomic mass is 9.55. The molecule has 2 unspecified atom stereocenters. The predicted octanol–water partition coefficient (Wildman–Crippen LogP) is 18.3. The number of ether oxygens (including phenoxy) is 2. The summed E-state index contributed by atoms with van der Waals surface area (Å²) < 4.78 is 13.5. The van der Waals surface area contributed by atoms with Gasteiger partial charge in [0.1, 0.15) is 5.54 Å². The van der Waals surface area contributed by atoms with Crippen molar-refractivity contribution in [2.24, 2.45) is 0 Å². The van der Waals surface area contributed by atoms with Crippen LogP contribution in [0.4, 0.5) is 0 Å². The molecule has 0 aromatic heterocycles. The molecule has 1 saturated heterocycles. The molecule has 6 aliphatic rings. The molecule has 0 saturated carbocycles. The maximum atomic E-state index is 6.90. The molecule has 0 bridgehead atoms. The zero-order chi connectivity index (χ0) is 46.2. The second kappa shape index (κ2) is 7.59. The Kier molecular flexibility index (Phi) is 3.05. The van der Waals surface area contributed by atoms with E-state index in [0.29, 0.717) is 6.61 Å². The Morgan fingerprint density at radius 2 is 0.584 bits per heavy atom. The number of nitrogens with zero attached hydrogens (tertiary/aromatic N) is 1. The van der Waals surface area contributed by atoms with Crippen molar-refractivity contribution >= 4 is 280 Å². The van der Waals surface area contributed by atoms with Gasteiger partial charge < -0.3 is 9.47 Å². The van der Waals surface area contributed by atoms with E-state index in [1.54, 1.807) is 313 Å². The number of hydrogen-bond donors (Lipinski definition) is 0. The fraction of sp³-hybridized carbons (Fsp3) is 0.135. The average Bonchev–Trinajstić information content (AvgIpc) is 1.77. The normalized spacial score (nSPS) is 22.3. The number of hydrogen-bond acceptors (Lipinski definition) is 3. The van der Waals surface area contributed by atoms with Crippen LogP contribution in [0.1, 0.15) is 51.8 Å². The summed E-state index contributed by atoms with van der Waals surface area (Å²) in [6.45, 7) is 4.89. The van der Waals surface area contributed by atoms with Crippen molar-refractivity contribution in [1.82, 2.24) is 4.90 Å². The van der Waals surface area contributed by atoms with E-state index in [4.69, 9.17) is 9.47 Å². The summed E-state index contributed by atoms with van der Waals surface area (Å²) >= 11 is 0. The minimum atomic E-state index is -0.418. The topological polar surface area (TPSA) is 21.7 Å². The summed E-state index contributed by atoms with van der Waals surface area (Å²) in [5, 5.41) is 86.4. The lowest BCUT2D eigenvalue weighted by molar-refractivity contribution is 0.00278. The standard InChI is InChI=1S/C74H21NO2/c1-2-5-14(6-3-1)13-77-10-4-7-73-67-59-50-43-30-23-17-18-20-16-15-19(17)28(30)34-32-21(15)25-22(16)33-35-29(20)31-24(18)27-26(23)37-45-38(27)47-44(31)51-49(35)53-40(33)42-36(25)41-39(32)52(48(34)50)63(67)65-54(41)55(42)66-64(53)68-60(51)57(47)62-58(45)61(56(59)46(37)43)69(73)71(62)74(68,72(66)70(65)73)75-8-11-76-12-9-75/h1-3,5-6H,4,7-13H2. The zero-order valence-corrected chi connectivity index (χ0v) is 40.3. The molecule has 2 atom stereocenters. The first kappa shape index (κ1) is 30.9. The summed E-state index contributed by atoms with van der Waals surface area (Å²) in [7, 11) is 0. The van der Waals surface area contributed by atoms with Crippen LogP contribution >= 0.6 is 0 Å². The first-order valence-electron chi connectivity index (χ1n) is 29.1. The van der Waals surface area contributed by atoms with Crippen LogP contribution in [0.2, 0.25) is 0 Å². The molecule has 1 aliphatic heterocycles. The van der Waals surface area contributed by atoms with E-state index in [0.717, 1.165) is 45.8 Å². The predicted molar refractivity (Wildman–Crippen MR) is 320 cm³/mol. The molecule has 1 fully saturated rings. The van der Waals surface area contributed by atoms with Crippen LogP contribution in [0, 0.1) is 0 Å². The molecule has 3 heteroatoms. The van der Waals surface area contributed by atoms with E-state index in [-0.39, 0.29) is 5.41 Å². The van der Waals surface area contributed by atoms with Gasteiger partial charge in [0.2, 0.25) is 0 Å². The van der Waals surface area contributed by atoms with E-state index in [1.165, 1.54) is 5.56 Å². The molecule has 5 aliphatic carbocycles. The summed E-state index contributed by atoms with van der Waals surface area (Å²) in [6.07, 6.45) is 2.08. The fourth-order valence-corrected chi connectivity index (χ4v) is 26.3. The van der Waals surface area contributed by atoms with Gasteiger partial charge in [-0.3, -0.25) is 4.90 Å². The second-order valence-corrected chi connectivity index (χ2v) is 27.6. The second-order valence-electron chi connectivity index (χ2n) is 27.6. The third-order valence-corrected chi connectivity index (χ3v) is 26.8. The fourth-order valence-electron chi connectivity index (χ4n) is 26.3. The molecule has 3 nitrogen and oxygen atoms in total. The van der Waals surface area contributed by atoms with E-state index >= 15 is 0 Å². The monoisotopic (exact) mass is 955 g/mol. The third-order valence-electron chi connectivity index (χ3n) is 26.8. The SMILES string of the molecule is c1ccc(COCCCC23c4c5c6c7c8c9c%10c%11c(c2c2c%12c3c3c%13c4c6c4c6c%13c%13c3c3c%12c%12c%14c2c%11c2c%11c%10c%10c8c8c7c4c4c6c6c%13c7c3c%12c3c(c%142)c2c%11c%10c%10c8c4c4c%10c2c3c7c64)C59N2CCOCC2)cc1. The average molecular weight is 956 g/mol. The number of benzene rings is 18. The van der Waals surface area contributed by atoms with Gasteiger partial charge in [0.25, 0.3) is 0 Å². The lowest BCUT2D eigenvalue weighted by Crippen LogP contribution is -2.56. The summed E-state index contributed by atoms with van der Waals surface area (Å²) in [4.78, 5) is 3.09. The van der Waals surface area contributed by atoms with E-state index in [9.17, 15) is 0 Å². The van der Waals surface area contributed by atoms with Crippen LogP contribution in [-0.4, -0.2) is 37.8 Å². The van der Waals surface area contributed by atoms with Crippen LogP contribution in [0.3, 0.4) is 0 Å². The van der Waals surface area contributed by atoms with Gasteiger partial charge in [-0.15, -0.1) is 0 Å². The van der Waals surface area contributed by atoms with E-state index < -0.39 is 5.54 Å². The molecule has 34 rings (SSSR count). The van der Waals surface area contributed by atoms with Crippen LogP contribution in [0.25, 0.3) is 280 Å². The Bertz CT molecular complexity index is 7590. The first-order valence-corrected chi connectivity index (χ1v) is 29.1. The van der Waals surface area contributed by atoms with Crippen molar-refractivity contribution in [1.29, 1.82) is 0 Å². The minimum absolute atomic E-state index is 0.312. The van der Waals surface area contributed by atoms with Crippen molar-refractivity contribution in [2.45, 2.75) is 30.4 Å². The van der Waals surface area contributed by atoms with Gasteiger partial charge in [0, 0.05) is 25.1 Å². The highest BCUT2D eigenvalue weighted by Crippen LogP contribution is 2.84. The van der Waals surface area contributed by atoms with Gasteiger partial charge in [-0.25, -0.2) is 0 Å². The first-order chi connectivity index (χ1) is 38.4. The smallest absolute Gasteiger partial charge is 0.101 e. The summed E-state index contributed by atoms with van der Waals surface area (Å²) in [6, 6.07) is 10.9. The van der Waals surface area contributed by atoms with Crippen LogP contribution < -0.4 is 0 Å². The van der Waals surface area contributed by atoms with Gasteiger partial charge in [0.15, 0.2) is 0 Å². The maximum Gasteiger partial charge on any atom is 0.101 e. The summed E-state index contributed by atoms with van der Waals surface area (Å²) in [5.74, 6) is 0.